The van der Waals surface area contributed by atoms with Gasteiger partial charge in [-0.2, -0.15) is 0 Å². The second-order valence-corrected chi connectivity index (χ2v) is 5.29. The van der Waals surface area contributed by atoms with Gasteiger partial charge in [-0.3, -0.25) is 4.90 Å². The molecule has 3 nitrogen and oxygen atoms in total. The van der Waals surface area contributed by atoms with Crippen LogP contribution in [0.15, 0.2) is 30.5 Å². The lowest BCUT2D eigenvalue weighted by molar-refractivity contribution is 0.116. The standard InChI is InChI=1S/C15H20N2O/c18-11-12-4-3-7-17(9-12)10-13-8-16-15-6-2-1-5-14(13)15/h1-2,5-6,8,12,16,18H,3-4,7,9-11H2. The predicted molar refractivity (Wildman–Crippen MR) is 73.4 cm³/mol. The Bertz CT molecular complexity index is 520. The number of hydrogen-bond acceptors (Lipinski definition) is 2. The molecule has 1 aromatic heterocycles. The van der Waals surface area contributed by atoms with Crippen molar-refractivity contribution in [2.24, 2.45) is 5.92 Å². The van der Waals surface area contributed by atoms with E-state index in [-0.39, 0.29) is 0 Å². The van der Waals surface area contributed by atoms with Crippen molar-refractivity contribution in [3.8, 4) is 0 Å². The zero-order chi connectivity index (χ0) is 12.4. The maximum atomic E-state index is 9.27. The molecule has 1 fully saturated rings. The molecule has 2 aromatic rings. The van der Waals surface area contributed by atoms with Crippen molar-refractivity contribution in [3.63, 3.8) is 0 Å². The highest BCUT2D eigenvalue weighted by molar-refractivity contribution is 5.82. The molecule has 3 heteroatoms. The molecule has 0 radical (unpaired) electrons. The van der Waals surface area contributed by atoms with Crippen LogP contribution in [0.25, 0.3) is 10.9 Å². The average molecular weight is 244 g/mol. The van der Waals surface area contributed by atoms with E-state index in [1.54, 1.807) is 0 Å². The molecule has 18 heavy (non-hydrogen) atoms. The number of para-hydroxylation sites is 1. The van der Waals surface area contributed by atoms with Crippen LogP contribution in [0.5, 0.6) is 0 Å². The van der Waals surface area contributed by atoms with Crippen LogP contribution >= 0.6 is 0 Å². The van der Waals surface area contributed by atoms with Crippen molar-refractivity contribution in [2.45, 2.75) is 19.4 Å². The minimum absolute atomic E-state index is 0.324. The van der Waals surface area contributed by atoms with E-state index in [9.17, 15) is 5.11 Å². The van der Waals surface area contributed by atoms with Gasteiger partial charge in [-0.15, -0.1) is 0 Å². The molecule has 96 valence electrons. The van der Waals surface area contributed by atoms with Gasteiger partial charge in [0, 0.05) is 36.8 Å². The van der Waals surface area contributed by atoms with E-state index < -0.39 is 0 Å². The van der Waals surface area contributed by atoms with Crippen molar-refractivity contribution in [3.05, 3.63) is 36.0 Å². The first-order valence-corrected chi connectivity index (χ1v) is 6.75. The molecule has 0 bridgehead atoms. The summed E-state index contributed by atoms with van der Waals surface area (Å²) >= 11 is 0. The normalized spacial score (nSPS) is 21.5. The van der Waals surface area contributed by atoms with Crippen molar-refractivity contribution < 1.29 is 5.11 Å². The Hall–Kier alpha value is -1.32. The summed E-state index contributed by atoms with van der Waals surface area (Å²) in [5.74, 6) is 0.462. The lowest BCUT2D eigenvalue weighted by Crippen LogP contribution is -2.36. The molecule has 1 atom stereocenters. The summed E-state index contributed by atoms with van der Waals surface area (Å²) in [6.07, 6.45) is 4.49. The molecule has 0 aliphatic carbocycles. The van der Waals surface area contributed by atoms with Gasteiger partial charge in [0.2, 0.25) is 0 Å². The van der Waals surface area contributed by atoms with Gasteiger partial charge in [-0.05, 0) is 36.9 Å². The number of rotatable bonds is 3. The topological polar surface area (TPSA) is 39.3 Å². The smallest absolute Gasteiger partial charge is 0.0471 e. The van der Waals surface area contributed by atoms with Gasteiger partial charge in [0.15, 0.2) is 0 Å². The van der Waals surface area contributed by atoms with Crippen molar-refractivity contribution in [1.82, 2.24) is 9.88 Å². The molecule has 1 unspecified atom stereocenters. The highest BCUT2D eigenvalue weighted by atomic mass is 16.3. The number of hydrogen-bond donors (Lipinski definition) is 2. The first-order chi connectivity index (χ1) is 8.86. The van der Waals surface area contributed by atoms with Gasteiger partial charge in [0.25, 0.3) is 0 Å². The van der Waals surface area contributed by atoms with Gasteiger partial charge in [-0.1, -0.05) is 18.2 Å². The van der Waals surface area contributed by atoms with E-state index in [4.69, 9.17) is 0 Å². The van der Waals surface area contributed by atoms with E-state index >= 15 is 0 Å². The summed E-state index contributed by atoms with van der Waals surface area (Å²) < 4.78 is 0. The number of aliphatic hydroxyl groups excluding tert-OH is 1. The number of likely N-dealkylation sites (tertiary alicyclic amines) is 1. The Morgan fingerprint density at radius 3 is 3.11 bits per heavy atom. The summed E-state index contributed by atoms with van der Waals surface area (Å²) in [4.78, 5) is 5.79. The number of aromatic amines is 1. The maximum absolute atomic E-state index is 9.27. The van der Waals surface area contributed by atoms with E-state index in [1.807, 2.05) is 0 Å². The Balaban J connectivity index is 1.76. The van der Waals surface area contributed by atoms with E-state index in [2.05, 4.69) is 40.3 Å². The highest BCUT2D eigenvalue weighted by Crippen LogP contribution is 2.22. The monoisotopic (exact) mass is 244 g/mol. The molecule has 2 heterocycles. The number of H-pyrrole nitrogens is 1. The molecule has 0 spiro atoms. The van der Waals surface area contributed by atoms with Crippen LogP contribution in [-0.4, -0.2) is 34.7 Å². The minimum atomic E-state index is 0.324. The first-order valence-electron chi connectivity index (χ1n) is 6.75. The number of nitrogens with zero attached hydrogens (tertiary/aromatic N) is 1. The molecule has 0 saturated carbocycles. The summed E-state index contributed by atoms with van der Waals surface area (Å²) in [7, 11) is 0. The maximum Gasteiger partial charge on any atom is 0.0471 e. The summed E-state index contributed by atoms with van der Waals surface area (Å²) in [5.41, 5.74) is 2.58. The second-order valence-electron chi connectivity index (χ2n) is 5.29. The number of piperidine rings is 1. The van der Waals surface area contributed by atoms with Gasteiger partial charge < -0.3 is 10.1 Å². The van der Waals surface area contributed by atoms with Crippen LogP contribution in [0.4, 0.5) is 0 Å². The van der Waals surface area contributed by atoms with Crippen LogP contribution in [-0.2, 0) is 6.54 Å². The summed E-state index contributed by atoms with van der Waals surface area (Å²) in [5, 5.41) is 10.6. The molecule has 0 amide bonds. The fourth-order valence-electron chi connectivity index (χ4n) is 2.95. The van der Waals surface area contributed by atoms with E-state index in [1.165, 1.54) is 29.3 Å². The van der Waals surface area contributed by atoms with Crippen molar-refractivity contribution >= 4 is 10.9 Å². The molecule has 2 N–H and O–H groups in total. The molecule has 1 aliphatic heterocycles. The summed E-state index contributed by atoms with van der Waals surface area (Å²) in [6, 6.07) is 8.44. The Morgan fingerprint density at radius 1 is 1.33 bits per heavy atom. The number of aliphatic hydroxyl groups is 1. The average Bonchev–Trinajstić information content (AvgIpc) is 2.83. The van der Waals surface area contributed by atoms with Crippen LogP contribution in [0.3, 0.4) is 0 Å². The third-order valence-electron chi connectivity index (χ3n) is 3.93. The molecular weight excluding hydrogens is 224 g/mol. The van der Waals surface area contributed by atoms with Gasteiger partial charge in [-0.25, -0.2) is 0 Å². The van der Waals surface area contributed by atoms with Crippen LogP contribution in [0.1, 0.15) is 18.4 Å². The SMILES string of the molecule is OCC1CCCN(Cc2c[nH]c3ccccc23)C1. The lowest BCUT2D eigenvalue weighted by atomic mass is 9.98. The van der Waals surface area contributed by atoms with E-state index in [0.29, 0.717) is 12.5 Å². The molecule has 1 aliphatic rings. The molecule has 3 rings (SSSR count). The molecule has 1 aromatic carbocycles. The number of fused-ring (bicyclic) bond motifs is 1. The quantitative estimate of drug-likeness (QED) is 0.870. The van der Waals surface area contributed by atoms with Crippen molar-refractivity contribution in [2.75, 3.05) is 19.7 Å². The lowest BCUT2D eigenvalue weighted by Gasteiger charge is -2.31. The van der Waals surface area contributed by atoms with Crippen LogP contribution in [0.2, 0.25) is 0 Å². The summed E-state index contributed by atoms with van der Waals surface area (Å²) in [6.45, 7) is 3.48. The Morgan fingerprint density at radius 2 is 2.22 bits per heavy atom. The second kappa shape index (κ2) is 5.12. The van der Waals surface area contributed by atoms with Crippen molar-refractivity contribution in [1.29, 1.82) is 0 Å². The Kier molecular flexibility index (Phi) is 3.35. The van der Waals surface area contributed by atoms with Gasteiger partial charge in [0.05, 0.1) is 0 Å². The predicted octanol–water partition coefficient (Wildman–Crippen LogP) is 2.37. The first kappa shape index (κ1) is 11.8. The fraction of sp³-hybridized carbons (Fsp3) is 0.467. The third kappa shape index (κ3) is 2.28. The highest BCUT2D eigenvalue weighted by Gasteiger charge is 2.19. The van der Waals surface area contributed by atoms with E-state index in [0.717, 1.165) is 19.6 Å². The van der Waals surface area contributed by atoms with Gasteiger partial charge in [0.1, 0.15) is 0 Å². The minimum Gasteiger partial charge on any atom is -0.396 e. The number of nitrogens with one attached hydrogen (secondary N) is 1. The molecular formula is C15H20N2O. The largest absolute Gasteiger partial charge is 0.396 e. The number of benzene rings is 1. The Labute approximate surface area is 107 Å². The zero-order valence-corrected chi connectivity index (χ0v) is 10.6. The van der Waals surface area contributed by atoms with Crippen LogP contribution in [0, 0.1) is 5.92 Å². The number of aromatic nitrogens is 1. The third-order valence-corrected chi connectivity index (χ3v) is 3.93. The fourth-order valence-corrected chi connectivity index (χ4v) is 2.95. The van der Waals surface area contributed by atoms with Crippen LogP contribution < -0.4 is 0 Å². The zero-order valence-electron chi connectivity index (χ0n) is 10.6. The molecule has 1 saturated heterocycles. The van der Waals surface area contributed by atoms with Gasteiger partial charge >= 0.3 is 0 Å².